The first-order valence-electron chi connectivity index (χ1n) is 11.0. The molecule has 0 radical (unpaired) electrons. The maximum atomic E-state index is 6.00. The molecule has 154 valence electrons. The Morgan fingerprint density at radius 3 is 2.13 bits per heavy atom. The van der Waals surface area contributed by atoms with Crippen LogP contribution in [0.4, 0.5) is 0 Å². The summed E-state index contributed by atoms with van der Waals surface area (Å²) < 4.78 is 6.00. The fraction of sp³-hybridized carbons (Fsp3) is 0.296. The topological polar surface area (TPSA) is 24.8 Å². The molecule has 1 aliphatic heterocycles. The summed E-state index contributed by atoms with van der Waals surface area (Å²) in [6.07, 6.45) is 3.54. The quantitative estimate of drug-likeness (QED) is 0.460. The molecule has 4 rings (SSSR count). The smallest absolute Gasteiger partial charge is 0.119 e. The highest BCUT2D eigenvalue weighted by Crippen LogP contribution is 2.16. The number of rotatable bonds is 9. The molecular formula is C27H30N2O. The lowest BCUT2D eigenvalue weighted by Gasteiger charge is -2.15. The van der Waals surface area contributed by atoms with Crippen molar-refractivity contribution in [1.82, 2.24) is 4.90 Å². The van der Waals surface area contributed by atoms with Crippen molar-refractivity contribution >= 4 is 5.71 Å². The highest BCUT2D eigenvalue weighted by Gasteiger charge is 2.11. The Morgan fingerprint density at radius 2 is 1.47 bits per heavy atom. The van der Waals surface area contributed by atoms with Gasteiger partial charge in [0, 0.05) is 24.2 Å². The fourth-order valence-corrected chi connectivity index (χ4v) is 3.93. The molecule has 0 aliphatic carbocycles. The van der Waals surface area contributed by atoms with E-state index in [0.29, 0.717) is 0 Å². The van der Waals surface area contributed by atoms with E-state index in [-0.39, 0.29) is 0 Å². The van der Waals surface area contributed by atoms with E-state index in [1.54, 1.807) is 0 Å². The number of likely N-dealkylation sites (tertiary alicyclic amines) is 1. The van der Waals surface area contributed by atoms with Crippen molar-refractivity contribution in [1.29, 1.82) is 0 Å². The zero-order chi connectivity index (χ0) is 20.4. The average molecular weight is 399 g/mol. The van der Waals surface area contributed by atoms with Gasteiger partial charge in [-0.05, 0) is 50.0 Å². The van der Waals surface area contributed by atoms with Gasteiger partial charge in [-0.1, -0.05) is 72.8 Å². The van der Waals surface area contributed by atoms with Crippen molar-refractivity contribution in [3.63, 3.8) is 0 Å². The third-order valence-corrected chi connectivity index (χ3v) is 5.54. The van der Waals surface area contributed by atoms with E-state index in [1.165, 1.54) is 31.5 Å². The minimum absolute atomic E-state index is 0.746. The normalized spacial score (nSPS) is 13.9. The zero-order valence-corrected chi connectivity index (χ0v) is 17.5. The van der Waals surface area contributed by atoms with Crippen molar-refractivity contribution in [3.8, 4) is 5.75 Å². The number of benzene rings is 3. The largest absolute Gasteiger partial charge is 0.492 e. The Morgan fingerprint density at radius 1 is 0.800 bits per heavy atom. The molecule has 3 heteroatoms. The molecular weight excluding hydrogens is 368 g/mol. The van der Waals surface area contributed by atoms with E-state index in [4.69, 9.17) is 9.73 Å². The fourth-order valence-electron chi connectivity index (χ4n) is 3.93. The van der Waals surface area contributed by atoms with Crippen LogP contribution in [0.5, 0.6) is 5.75 Å². The number of ether oxygens (including phenoxy) is 1. The number of nitrogens with zero attached hydrogens (tertiary/aromatic N) is 2. The highest BCUT2D eigenvalue weighted by molar-refractivity contribution is 6.12. The van der Waals surface area contributed by atoms with Gasteiger partial charge in [-0.15, -0.1) is 0 Å². The predicted molar refractivity (Wildman–Crippen MR) is 125 cm³/mol. The van der Waals surface area contributed by atoms with Gasteiger partial charge in [-0.25, -0.2) is 0 Å². The molecule has 0 N–H and O–H groups in total. The van der Waals surface area contributed by atoms with E-state index in [2.05, 4.69) is 77.7 Å². The Hall–Kier alpha value is -2.91. The number of hydrogen-bond acceptors (Lipinski definition) is 3. The Kier molecular flexibility index (Phi) is 7.30. The van der Waals surface area contributed by atoms with Crippen LogP contribution in [0, 0.1) is 0 Å². The molecule has 3 nitrogen and oxygen atoms in total. The molecule has 0 unspecified atom stereocenters. The first-order valence-corrected chi connectivity index (χ1v) is 11.0. The van der Waals surface area contributed by atoms with E-state index < -0.39 is 0 Å². The lowest BCUT2D eigenvalue weighted by molar-refractivity contribution is 0.237. The minimum atomic E-state index is 0.746. The van der Waals surface area contributed by atoms with Crippen LogP contribution >= 0.6 is 0 Å². The Balaban J connectivity index is 1.38. The molecule has 1 heterocycles. The first kappa shape index (κ1) is 20.4. The van der Waals surface area contributed by atoms with Gasteiger partial charge in [0.2, 0.25) is 0 Å². The molecule has 1 aliphatic rings. The SMILES string of the molecule is c1ccc(C(=NCCc2cccc(OCCN3CCCC3)c2)c2ccccc2)cc1. The van der Waals surface area contributed by atoms with Crippen LogP contribution in [0.25, 0.3) is 0 Å². The van der Waals surface area contributed by atoms with Gasteiger partial charge in [0.1, 0.15) is 12.4 Å². The van der Waals surface area contributed by atoms with Crippen molar-refractivity contribution < 1.29 is 4.74 Å². The van der Waals surface area contributed by atoms with Gasteiger partial charge in [-0.3, -0.25) is 9.89 Å². The summed E-state index contributed by atoms with van der Waals surface area (Å²) in [5.41, 5.74) is 4.62. The summed E-state index contributed by atoms with van der Waals surface area (Å²) >= 11 is 0. The monoisotopic (exact) mass is 398 g/mol. The molecule has 0 saturated carbocycles. The summed E-state index contributed by atoms with van der Waals surface area (Å²) in [6, 6.07) is 29.3. The second-order valence-electron chi connectivity index (χ2n) is 7.76. The maximum Gasteiger partial charge on any atom is 0.119 e. The van der Waals surface area contributed by atoms with E-state index in [9.17, 15) is 0 Å². The van der Waals surface area contributed by atoms with Crippen LogP contribution in [0.2, 0.25) is 0 Å². The van der Waals surface area contributed by atoms with Crippen LogP contribution in [-0.2, 0) is 6.42 Å². The molecule has 3 aromatic carbocycles. The van der Waals surface area contributed by atoms with Gasteiger partial charge in [-0.2, -0.15) is 0 Å². The molecule has 0 amide bonds. The van der Waals surface area contributed by atoms with Crippen molar-refractivity contribution in [2.75, 3.05) is 32.8 Å². The Labute approximate surface area is 180 Å². The molecule has 1 saturated heterocycles. The summed E-state index contributed by atoms with van der Waals surface area (Å²) in [4.78, 5) is 7.45. The van der Waals surface area contributed by atoms with Crippen molar-refractivity contribution in [2.24, 2.45) is 4.99 Å². The van der Waals surface area contributed by atoms with E-state index >= 15 is 0 Å². The minimum Gasteiger partial charge on any atom is -0.492 e. The lowest BCUT2D eigenvalue weighted by Crippen LogP contribution is -2.25. The van der Waals surface area contributed by atoms with Gasteiger partial charge in [0.15, 0.2) is 0 Å². The molecule has 3 aromatic rings. The van der Waals surface area contributed by atoms with Gasteiger partial charge < -0.3 is 4.74 Å². The molecule has 1 fully saturated rings. The zero-order valence-electron chi connectivity index (χ0n) is 17.5. The maximum absolute atomic E-state index is 6.00. The van der Waals surface area contributed by atoms with Crippen molar-refractivity contribution in [3.05, 3.63) is 102 Å². The predicted octanol–water partition coefficient (Wildman–Crippen LogP) is 5.24. The summed E-state index contributed by atoms with van der Waals surface area (Å²) in [7, 11) is 0. The summed E-state index contributed by atoms with van der Waals surface area (Å²) in [5, 5.41) is 0. The number of aliphatic imine (C=N–C) groups is 1. The molecule has 0 atom stereocenters. The third kappa shape index (κ3) is 5.80. The van der Waals surface area contributed by atoms with Crippen molar-refractivity contribution in [2.45, 2.75) is 19.3 Å². The van der Waals surface area contributed by atoms with Gasteiger partial charge in [0.05, 0.1) is 5.71 Å². The molecule has 0 spiro atoms. The van der Waals surface area contributed by atoms with E-state index in [1.807, 2.05) is 12.1 Å². The van der Waals surface area contributed by atoms with Gasteiger partial charge in [0.25, 0.3) is 0 Å². The average Bonchev–Trinajstić information content (AvgIpc) is 3.32. The van der Waals surface area contributed by atoms with Gasteiger partial charge >= 0.3 is 0 Å². The van der Waals surface area contributed by atoms with Crippen LogP contribution in [0.1, 0.15) is 29.5 Å². The van der Waals surface area contributed by atoms with Crippen LogP contribution in [-0.4, -0.2) is 43.4 Å². The van der Waals surface area contributed by atoms with Crippen LogP contribution in [0.15, 0.2) is 89.9 Å². The highest BCUT2D eigenvalue weighted by atomic mass is 16.5. The van der Waals surface area contributed by atoms with E-state index in [0.717, 1.165) is 48.7 Å². The van der Waals surface area contributed by atoms with Crippen LogP contribution in [0.3, 0.4) is 0 Å². The molecule has 0 bridgehead atoms. The molecule has 0 aromatic heterocycles. The number of hydrogen-bond donors (Lipinski definition) is 0. The standard InChI is InChI=1S/C27H30N2O/c1-3-11-24(12-4-1)27(25-13-5-2-6-14-25)28-17-16-23-10-9-15-26(22-23)30-21-20-29-18-7-8-19-29/h1-6,9-15,22H,7-8,16-21H2. The second-order valence-corrected chi connectivity index (χ2v) is 7.76. The third-order valence-electron chi connectivity index (χ3n) is 5.54. The molecule has 30 heavy (non-hydrogen) atoms. The lowest BCUT2D eigenvalue weighted by atomic mass is 10.0. The first-order chi connectivity index (χ1) is 14.9. The summed E-state index contributed by atoms with van der Waals surface area (Å²) in [6.45, 7) is 4.95. The van der Waals surface area contributed by atoms with Crippen LogP contribution < -0.4 is 4.74 Å². The summed E-state index contributed by atoms with van der Waals surface area (Å²) in [5.74, 6) is 0.960. The second kappa shape index (κ2) is 10.7. The Bertz CT molecular complexity index is 890.